The number of nitrogens with zero attached hydrogens (tertiary/aromatic N) is 1. The minimum absolute atomic E-state index is 0.499. The van der Waals surface area contributed by atoms with Gasteiger partial charge >= 0.3 is 0 Å². The molecule has 0 aliphatic carbocycles. The lowest BCUT2D eigenvalue weighted by molar-refractivity contribution is 0.110. The van der Waals surface area contributed by atoms with E-state index in [2.05, 4.69) is 4.98 Å². The van der Waals surface area contributed by atoms with Gasteiger partial charge in [-0.1, -0.05) is 11.6 Å². The fourth-order valence-corrected chi connectivity index (χ4v) is 1.73. The number of aromatic nitrogens is 1. The highest BCUT2D eigenvalue weighted by molar-refractivity contribution is 6.32. The van der Waals surface area contributed by atoms with E-state index in [0.29, 0.717) is 29.5 Å². The first kappa shape index (κ1) is 8.78. The zero-order valence-electron chi connectivity index (χ0n) is 7.25. The zero-order valence-corrected chi connectivity index (χ0v) is 8.01. The molecular weight excluding hydrogens is 190 g/mol. The Balaban J connectivity index is 2.56. The van der Waals surface area contributed by atoms with Crippen molar-refractivity contribution in [2.75, 3.05) is 6.61 Å². The molecule has 1 aromatic heterocycles. The van der Waals surface area contributed by atoms with Crippen molar-refractivity contribution in [3.63, 3.8) is 0 Å². The van der Waals surface area contributed by atoms with Crippen LogP contribution in [0.15, 0.2) is 6.07 Å². The molecule has 13 heavy (non-hydrogen) atoms. The lowest BCUT2D eigenvalue weighted by Crippen LogP contribution is -2.16. The highest BCUT2D eigenvalue weighted by Gasteiger charge is 2.23. The Morgan fingerprint density at radius 1 is 1.69 bits per heavy atom. The Hall–Kier alpha value is -0.800. The standard InChI is InChI=1S/C9H10ClNO2/c1-5-4-6(10)9-8(11-5)7(12)2-3-13-9/h4,7,12H,2-3H2,1H3. The Morgan fingerprint density at radius 2 is 2.46 bits per heavy atom. The van der Waals surface area contributed by atoms with Gasteiger partial charge in [0.25, 0.3) is 0 Å². The number of hydrogen-bond acceptors (Lipinski definition) is 3. The molecule has 2 heterocycles. The summed E-state index contributed by atoms with van der Waals surface area (Å²) in [5.74, 6) is 0.533. The fraction of sp³-hybridized carbons (Fsp3) is 0.444. The topological polar surface area (TPSA) is 42.4 Å². The lowest BCUT2D eigenvalue weighted by Gasteiger charge is -2.22. The summed E-state index contributed by atoms with van der Waals surface area (Å²) in [5, 5.41) is 10.1. The average molecular weight is 200 g/mol. The van der Waals surface area contributed by atoms with E-state index in [1.54, 1.807) is 6.07 Å². The second-order valence-electron chi connectivity index (χ2n) is 3.11. The number of aliphatic hydroxyl groups is 1. The fourth-order valence-electron chi connectivity index (χ4n) is 1.42. The number of halogens is 1. The maximum absolute atomic E-state index is 9.61. The molecule has 0 spiro atoms. The third kappa shape index (κ3) is 1.49. The number of rotatable bonds is 0. The van der Waals surface area contributed by atoms with Gasteiger partial charge < -0.3 is 9.84 Å². The third-order valence-electron chi connectivity index (χ3n) is 2.04. The van der Waals surface area contributed by atoms with Crippen LogP contribution >= 0.6 is 11.6 Å². The molecule has 1 unspecified atom stereocenters. The van der Waals surface area contributed by atoms with Crippen LogP contribution in [-0.2, 0) is 0 Å². The molecule has 4 heteroatoms. The number of hydrogen-bond donors (Lipinski definition) is 1. The van der Waals surface area contributed by atoms with Gasteiger partial charge in [0.05, 0.1) is 11.6 Å². The highest BCUT2D eigenvalue weighted by Crippen LogP contribution is 2.36. The van der Waals surface area contributed by atoms with Crippen LogP contribution in [0, 0.1) is 6.92 Å². The summed E-state index contributed by atoms with van der Waals surface area (Å²) < 4.78 is 5.33. The predicted molar refractivity (Wildman–Crippen MR) is 49.1 cm³/mol. The minimum atomic E-state index is -0.541. The first-order valence-electron chi connectivity index (χ1n) is 4.16. The van der Waals surface area contributed by atoms with Gasteiger partial charge in [-0.25, -0.2) is 0 Å². The third-order valence-corrected chi connectivity index (χ3v) is 2.32. The van der Waals surface area contributed by atoms with Gasteiger partial charge in [0, 0.05) is 12.1 Å². The van der Waals surface area contributed by atoms with Gasteiger partial charge in [0.1, 0.15) is 11.8 Å². The van der Waals surface area contributed by atoms with E-state index in [1.807, 2.05) is 6.92 Å². The summed E-state index contributed by atoms with van der Waals surface area (Å²) in [7, 11) is 0. The van der Waals surface area contributed by atoms with Crippen molar-refractivity contribution in [2.24, 2.45) is 0 Å². The molecule has 1 aliphatic rings. The molecule has 0 amide bonds. The molecule has 1 aromatic rings. The monoisotopic (exact) mass is 199 g/mol. The van der Waals surface area contributed by atoms with Gasteiger partial charge in [-0.15, -0.1) is 0 Å². The van der Waals surface area contributed by atoms with Crippen LogP contribution in [0.25, 0.3) is 0 Å². The number of fused-ring (bicyclic) bond motifs is 1. The van der Waals surface area contributed by atoms with E-state index in [-0.39, 0.29) is 0 Å². The average Bonchev–Trinajstić information content (AvgIpc) is 2.07. The number of aryl methyl sites for hydroxylation is 1. The maximum atomic E-state index is 9.61. The van der Waals surface area contributed by atoms with Crippen molar-refractivity contribution in [1.82, 2.24) is 4.98 Å². The van der Waals surface area contributed by atoms with Gasteiger partial charge in [0.15, 0.2) is 5.75 Å². The van der Waals surface area contributed by atoms with Crippen molar-refractivity contribution in [1.29, 1.82) is 0 Å². The van der Waals surface area contributed by atoms with Crippen LogP contribution in [0.3, 0.4) is 0 Å². The highest BCUT2D eigenvalue weighted by atomic mass is 35.5. The van der Waals surface area contributed by atoms with Crippen LogP contribution in [0.2, 0.25) is 5.02 Å². The summed E-state index contributed by atoms with van der Waals surface area (Å²) in [6.07, 6.45) is 0.0425. The van der Waals surface area contributed by atoms with Crippen LogP contribution in [0.1, 0.15) is 23.9 Å². The smallest absolute Gasteiger partial charge is 0.162 e. The molecule has 0 saturated heterocycles. The van der Waals surface area contributed by atoms with Crippen molar-refractivity contribution in [3.8, 4) is 5.75 Å². The molecule has 1 aliphatic heterocycles. The van der Waals surface area contributed by atoms with Gasteiger partial charge in [-0.05, 0) is 13.0 Å². The number of pyridine rings is 1. The number of aliphatic hydroxyl groups excluding tert-OH is 1. The molecule has 0 aromatic carbocycles. The molecule has 3 nitrogen and oxygen atoms in total. The predicted octanol–water partition coefficient (Wildman–Crippen LogP) is 1.86. The molecular formula is C9H10ClNO2. The Kier molecular flexibility index (Phi) is 2.14. The lowest BCUT2D eigenvalue weighted by atomic mass is 10.1. The van der Waals surface area contributed by atoms with E-state index in [4.69, 9.17) is 16.3 Å². The van der Waals surface area contributed by atoms with Crippen LogP contribution in [0.4, 0.5) is 0 Å². The second-order valence-corrected chi connectivity index (χ2v) is 3.52. The maximum Gasteiger partial charge on any atom is 0.162 e. The molecule has 2 rings (SSSR count). The largest absolute Gasteiger partial charge is 0.490 e. The number of ether oxygens (including phenoxy) is 1. The first-order valence-corrected chi connectivity index (χ1v) is 4.54. The molecule has 1 N–H and O–H groups in total. The molecule has 1 atom stereocenters. The van der Waals surface area contributed by atoms with Crippen molar-refractivity contribution in [3.05, 3.63) is 22.5 Å². The van der Waals surface area contributed by atoms with Crippen molar-refractivity contribution < 1.29 is 9.84 Å². The van der Waals surface area contributed by atoms with E-state index < -0.39 is 6.10 Å². The summed E-state index contributed by atoms with van der Waals surface area (Å²) in [4.78, 5) is 4.20. The molecule has 0 bridgehead atoms. The van der Waals surface area contributed by atoms with Gasteiger partial charge in [0.2, 0.25) is 0 Å². The molecule has 0 fully saturated rings. The van der Waals surface area contributed by atoms with Gasteiger partial charge in [-0.3, -0.25) is 4.98 Å². The van der Waals surface area contributed by atoms with Crippen molar-refractivity contribution >= 4 is 11.6 Å². The summed E-state index contributed by atoms with van der Waals surface area (Å²) in [6.45, 7) is 2.34. The van der Waals surface area contributed by atoms with Crippen LogP contribution < -0.4 is 4.74 Å². The Bertz CT molecular complexity index is 341. The van der Waals surface area contributed by atoms with E-state index in [9.17, 15) is 5.11 Å². The van der Waals surface area contributed by atoms with Crippen LogP contribution in [-0.4, -0.2) is 16.7 Å². The Morgan fingerprint density at radius 3 is 3.23 bits per heavy atom. The second kappa shape index (κ2) is 3.16. The summed E-state index contributed by atoms with van der Waals surface area (Å²) in [6, 6.07) is 1.73. The summed E-state index contributed by atoms with van der Waals surface area (Å²) >= 11 is 5.94. The molecule has 70 valence electrons. The quantitative estimate of drug-likeness (QED) is 0.694. The minimum Gasteiger partial charge on any atom is -0.490 e. The van der Waals surface area contributed by atoms with E-state index >= 15 is 0 Å². The Labute approximate surface area is 81.3 Å². The van der Waals surface area contributed by atoms with Crippen LogP contribution in [0.5, 0.6) is 5.75 Å². The molecule has 0 saturated carbocycles. The summed E-state index contributed by atoms with van der Waals surface area (Å²) in [5.41, 5.74) is 1.37. The molecule has 0 radical (unpaired) electrons. The van der Waals surface area contributed by atoms with E-state index in [0.717, 1.165) is 5.69 Å². The van der Waals surface area contributed by atoms with Crippen molar-refractivity contribution in [2.45, 2.75) is 19.4 Å². The zero-order chi connectivity index (χ0) is 9.42. The van der Waals surface area contributed by atoms with Gasteiger partial charge in [-0.2, -0.15) is 0 Å². The first-order chi connectivity index (χ1) is 6.18. The SMILES string of the molecule is Cc1cc(Cl)c2c(n1)C(O)CCO2. The van der Waals surface area contributed by atoms with E-state index in [1.165, 1.54) is 0 Å². The normalized spacial score (nSPS) is 20.7.